The zero-order valence-electron chi connectivity index (χ0n) is 18.2. The largest absolute Gasteiger partial charge is 0.457 e. The van der Waals surface area contributed by atoms with Crippen molar-refractivity contribution >= 4 is 27.5 Å². The molecule has 0 aliphatic rings. The maximum absolute atomic E-state index is 12.8. The molecule has 1 aromatic carbocycles. The number of esters is 1. The van der Waals surface area contributed by atoms with Gasteiger partial charge in [-0.2, -0.15) is 0 Å². The van der Waals surface area contributed by atoms with Crippen LogP contribution in [0.15, 0.2) is 47.8 Å². The standard InChI is InChI=1S/C23H27N3O5S/c1-4-10-31-23(29)20-15(2)19-21(28)24-18(25-22(19)32-20)13-26(12-17(27)14-30-3)11-16-8-6-5-7-9-16/h4-9,17,27H,1,10-14H2,2-3H3,(H,24,25,28). The SMILES string of the molecule is C=CCOC(=O)c1sc2nc(CN(Cc3ccccc3)CC(O)COC)[nH]c(=O)c2c1C. The van der Waals surface area contributed by atoms with Gasteiger partial charge in [0.05, 0.1) is 24.6 Å². The van der Waals surface area contributed by atoms with Gasteiger partial charge < -0.3 is 19.6 Å². The number of aromatic amines is 1. The summed E-state index contributed by atoms with van der Waals surface area (Å²) in [6.07, 6.45) is 0.803. The first-order valence-electron chi connectivity index (χ1n) is 10.2. The molecule has 2 N–H and O–H groups in total. The van der Waals surface area contributed by atoms with E-state index in [1.54, 1.807) is 6.92 Å². The Bertz CT molecular complexity index is 1130. The first-order chi connectivity index (χ1) is 15.4. The molecule has 0 saturated carbocycles. The van der Waals surface area contributed by atoms with E-state index in [4.69, 9.17) is 9.47 Å². The fraction of sp³-hybridized carbons (Fsp3) is 0.348. The van der Waals surface area contributed by atoms with Crippen LogP contribution in [0.2, 0.25) is 0 Å². The van der Waals surface area contributed by atoms with Crippen LogP contribution in [0.1, 0.15) is 26.6 Å². The molecule has 0 saturated heterocycles. The molecule has 9 heteroatoms. The third-order valence-corrected chi connectivity index (χ3v) is 5.98. The lowest BCUT2D eigenvalue weighted by Crippen LogP contribution is -2.35. The van der Waals surface area contributed by atoms with Crippen LogP contribution in [0.25, 0.3) is 10.2 Å². The van der Waals surface area contributed by atoms with Crippen LogP contribution in [0, 0.1) is 6.92 Å². The highest BCUT2D eigenvalue weighted by molar-refractivity contribution is 7.20. The summed E-state index contributed by atoms with van der Waals surface area (Å²) in [6.45, 7) is 6.76. The number of aryl methyl sites for hydroxylation is 1. The fourth-order valence-electron chi connectivity index (χ4n) is 3.44. The quantitative estimate of drug-likeness (QED) is 0.337. The lowest BCUT2D eigenvalue weighted by atomic mass is 10.2. The van der Waals surface area contributed by atoms with Crippen LogP contribution in [-0.2, 0) is 22.6 Å². The first-order valence-corrected chi connectivity index (χ1v) is 11.0. The molecule has 1 atom stereocenters. The summed E-state index contributed by atoms with van der Waals surface area (Å²) >= 11 is 1.14. The zero-order valence-corrected chi connectivity index (χ0v) is 19.0. The van der Waals surface area contributed by atoms with Crippen molar-refractivity contribution in [1.29, 1.82) is 0 Å². The van der Waals surface area contributed by atoms with Crippen molar-refractivity contribution in [1.82, 2.24) is 14.9 Å². The average molecular weight is 458 g/mol. The van der Waals surface area contributed by atoms with E-state index in [0.717, 1.165) is 16.9 Å². The molecule has 8 nitrogen and oxygen atoms in total. The molecule has 3 aromatic rings. The molecule has 0 bridgehead atoms. The van der Waals surface area contributed by atoms with Gasteiger partial charge in [-0.25, -0.2) is 9.78 Å². The Balaban J connectivity index is 1.88. The zero-order chi connectivity index (χ0) is 23.1. The molecule has 0 aliphatic carbocycles. The normalized spacial score (nSPS) is 12.2. The van der Waals surface area contributed by atoms with E-state index in [2.05, 4.69) is 16.5 Å². The van der Waals surface area contributed by atoms with Crippen LogP contribution in [-0.4, -0.2) is 58.9 Å². The van der Waals surface area contributed by atoms with Gasteiger partial charge in [0.2, 0.25) is 0 Å². The highest BCUT2D eigenvalue weighted by Crippen LogP contribution is 2.27. The highest BCUT2D eigenvalue weighted by atomic mass is 32.1. The van der Waals surface area contributed by atoms with E-state index >= 15 is 0 Å². The number of benzene rings is 1. The number of carbonyl (C=O) groups is 1. The molecule has 170 valence electrons. The number of nitrogens with zero attached hydrogens (tertiary/aromatic N) is 2. The van der Waals surface area contributed by atoms with Crippen LogP contribution < -0.4 is 5.56 Å². The number of H-pyrrole nitrogens is 1. The van der Waals surface area contributed by atoms with Gasteiger partial charge in [-0.3, -0.25) is 9.69 Å². The second kappa shape index (κ2) is 11.1. The van der Waals surface area contributed by atoms with Gasteiger partial charge in [-0.15, -0.1) is 11.3 Å². The molecule has 3 rings (SSSR count). The number of aliphatic hydroxyl groups excluding tert-OH is 1. The number of aromatic nitrogens is 2. The smallest absolute Gasteiger partial charge is 0.348 e. The van der Waals surface area contributed by atoms with E-state index in [0.29, 0.717) is 46.1 Å². The van der Waals surface area contributed by atoms with E-state index in [1.807, 2.05) is 35.2 Å². The number of nitrogens with one attached hydrogen (secondary N) is 1. The number of ether oxygens (including phenoxy) is 2. The van der Waals surface area contributed by atoms with E-state index < -0.39 is 12.1 Å². The molecule has 0 radical (unpaired) electrons. The summed E-state index contributed by atoms with van der Waals surface area (Å²) in [6, 6.07) is 9.84. The van der Waals surface area contributed by atoms with Crippen molar-refractivity contribution in [2.24, 2.45) is 0 Å². The Morgan fingerprint density at radius 3 is 2.78 bits per heavy atom. The van der Waals surface area contributed by atoms with Crippen molar-refractivity contribution in [2.45, 2.75) is 26.1 Å². The maximum Gasteiger partial charge on any atom is 0.348 e. The van der Waals surface area contributed by atoms with Gasteiger partial charge in [0.1, 0.15) is 22.1 Å². The molecule has 2 heterocycles. The van der Waals surface area contributed by atoms with Crippen LogP contribution >= 0.6 is 11.3 Å². The Labute approximate surface area is 190 Å². The third-order valence-electron chi connectivity index (χ3n) is 4.82. The molecule has 0 aliphatic heterocycles. The summed E-state index contributed by atoms with van der Waals surface area (Å²) in [5.41, 5.74) is 1.31. The summed E-state index contributed by atoms with van der Waals surface area (Å²) in [5, 5.41) is 10.6. The summed E-state index contributed by atoms with van der Waals surface area (Å²) in [5.74, 6) is -0.0463. The number of rotatable bonds is 11. The van der Waals surface area contributed by atoms with Gasteiger partial charge >= 0.3 is 5.97 Å². The lowest BCUT2D eigenvalue weighted by Gasteiger charge is -2.24. The van der Waals surface area contributed by atoms with E-state index in [1.165, 1.54) is 13.2 Å². The number of carbonyl (C=O) groups excluding carboxylic acids is 1. The van der Waals surface area contributed by atoms with Crippen molar-refractivity contribution in [2.75, 3.05) is 26.9 Å². The first kappa shape index (κ1) is 23.8. The van der Waals surface area contributed by atoms with Gasteiger partial charge in [-0.1, -0.05) is 43.0 Å². The topological polar surface area (TPSA) is 105 Å². The number of aliphatic hydroxyl groups is 1. The minimum Gasteiger partial charge on any atom is -0.457 e. The summed E-state index contributed by atoms with van der Waals surface area (Å²) < 4.78 is 10.2. The molecule has 2 aromatic heterocycles. The molecule has 32 heavy (non-hydrogen) atoms. The van der Waals surface area contributed by atoms with Gasteiger partial charge in [0.25, 0.3) is 5.56 Å². The van der Waals surface area contributed by atoms with Crippen molar-refractivity contribution in [3.05, 3.63) is 75.2 Å². The van der Waals surface area contributed by atoms with Gasteiger partial charge in [-0.05, 0) is 18.1 Å². The Morgan fingerprint density at radius 1 is 1.34 bits per heavy atom. The van der Waals surface area contributed by atoms with Crippen LogP contribution in [0.3, 0.4) is 0 Å². The number of fused-ring (bicyclic) bond motifs is 1. The number of methoxy groups -OCH3 is 1. The molecule has 0 spiro atoms. The van der Waals surface area contributed by atoms with Crippen LogP contribution in [0.4, 0.5) is 0 Å². The number of thiophene rings is 1. The van der Waals surface area contributed by atoms with E-state index in [9.17, 15) is 14.7 Å². The monoisotopic (exact) mass is 457 g/mol. The fourth-order valence-corrected chi connectivity index (χ4v) is 4.53. The second-order valence-electron chi connectivity index (χ2n) is 7.40. The van der Waals surface area contributed by atoms with Crippen molar-refractivity contribution < 1.29 is 19.4 Å². The Morgan fingerprint density at radius 2 is 2.09 bits per heavy atom. The van der Waals surface area contributed by atoms with Gasteiger partial charge in [0.15, 0.2) is 0 Å². The molecule has 0 amide bonds. The Hall–Kier alpha value is -2.85. The minimum atomic E-state index is -0.686. The number of hydrogen-bond donors (Lipinski definition) is 2. The predicted molar refractivity (Wildman–Crippen MR) is 124 cm³/mol. The lowest BCUT2D eigenvalue weighted by molar-refractivity contribution is 0.0332. The van der Waals surface area contributed by atoms with E-state index in [-0.39, 0.29) is 18.8 Å². The second-order valence-corrected chi connectivity index (χ2v) is 8.40. The third kappa shape index (κ3) is 5.89. The van der Waals surface area contributed by atoms with Gasteiger partial charge in [0, 0.05) is 20.2 Å². The van der Waals surface area contributed by atoms with Crippen molar-refractivity contribution in [3.63, 3.8) is 0 Å². The molecular formula is C23H27N3O5S. The summed E-state index contributed by atoms with van der Waals surface area (Å²) in [4.78, 5) is 35.3. The molecule has 0 fully saturated rings. The Kier molecular flexibility index (Phi) is 8.29. The minimum absolute atomic E-state index is 0.0970. The van der Waals surface area contributed by atoms with Crippen LogP contribution in [0.5, 0.6) is 0 Å². The number of hydrogen-bond acceptors (Lipinski definition) is 8. The average Bonchev–Trinajstić information content (AvgIpc) is 3.09. The molecule has 1 unspecified atom stereocenters. The summed E-state index contributed by atoms with van der Waals surface area (Å²) in [7, 11) is 1.54. The highest BCUT2D eigenvalue weighted by Gasteiger charge is 2.21. The maximum atomic E-state index is 12.8. The predicted octanol–water partition coefficient (Wildman–Crippen LogP) is 2.65. The molecular weight excluding hydrogens is 430 g/mol. The van der Waals surface area contributed by atoms with Crippen molar-refractivity contribution in [3.8, 4) is 0 Å².